The first-order chi connectivity index (χ1) is 12.5. The molecule has 26 heavy (non-hydrogen) atoms. The van der Waals surface area contributed by atoms with Gasteiger partial charge in [-0.05, 0) is 42.7 Å². The summed E-state index contributed by atoms with van der Waals surface area (Å²) >= 11 is 0. The van der Waals surface area contributed by atoms with Gasteiger partial charge in [-0.1, -0.05) is 61.3 Å². The standard InChI is InChI=1S/C22H46O2Si2/c1-8-15-16-17-18-19-20-22(24-26(12-5,13-6)14-7)21-23-25(9-2,10-3)11-4/h22H,8-17,20-21H2,1-7H3/t22-/m1/s1. The molecule has 0 saturated carbocycles. The SMILES string of the molecule is CCCCCC#CC[C@H](CO[Si](CC)(CC)CC)O[Si](CC)(CC)CC. The molecule has 0 spiro atoms. The topological polar surface area (TPSA) is 18.5 Å². The van der Waals surface area contributed by atoms with Crippen LogP contribution in [0, 0.1) is 11.8 Å². The lowest BCUT2D eigenvalue weighted by atomic mass is 10.2. The van der Waals surface area contributed by atoms with Gasteiger partial charge >= 0.3 is 0 Å². The Morgan fingerprint density at radius 3 is 1.69 bits per heavy atom. The first-order valence-corrected chi connectivity index (χ1v) is 16.3. The van der Waals surface area contributed by atoms with Crippen molar-refractivity contribution in [1.82, 2.24) is 0 Å². The molecule has 0 aromatic carbocycles. The molecule has 0 rings (SSSR count). The van der Waals surface area contributed by atoms with Crippen molar-refractivity contribution in [3.8, 4) is 11.8 Å². The molecule has 0 N–H and O–H groups in total. The van der Waals surface area contributed by atoms with E-state index in [-0.39, 0.29) is 6.10 Å². The molecule has 154 valence electrons. The summed E-state index contributed by atoms with van der Waals surface area (Å²) in [6.07, 6.45) is 5.79. The maximum Gasteiger partial charge on any atom is 0.192 e. The summed E-state index contributed by atoms with van der Waals surface area (Å²) in [7, 11) is -3.18. The quantitative estimate of drug-likeness (QED) is 0.163. The van der Waals surface area contributed by atoms with E-state index in [1.54, 1.807) is 0 Å². The van der Waals surface area contributed by atoms with Crippen LogP contribution in [0.4, 0.5) is 0 Å². The van der Waals surface area contributed by atoms with E-state index in [2.05, 4.69) is 60.3 Å². The van der Waals surface area contributed by atoms with Crippen molar-refractivity contribution in [3.63, 3.8) is 0 Å². The Morgan fingerprint density at radius 2 is 1.23 bits per heavy atom. The molecule has 0 unspecified atom stereocenters. The second-order valence-corrected chi connectivity index (χ2v) is 17.1. The summed E-state index contributed by atoms with van der Waals surface area (Å²) in [6.45, 7) is 16.8. The third-order valence-corrected chi connectivity index (χ3v) is 15.6. The minimum absolute atomic E-state index is 0.164. The molecule has 0 heterocycles. The highest BCUT2D eigenvalue weighted by Gasteiger charge is 2.34. The Labute approximate surface area is 167 Å². The van der Waals surface area contributed by atoms with E-state index in [1.165, 1.54) is 55.5 Å². The van der Waals surface area contributed by atoms with Gasteiger partial charge in [0.25, 0.3) is 0 Å². The zero-order valence-corrected chi connectivity index (χ0v) is 20.9. The van der Waals surface area contributed by atoms with Gasteiger partial charge in [0.2, 0.25) is 0 Å². The molecule has 0 amide bonds. The van der Waals surface area contributed by atoms with Crippen LogP contribution in [0.1, 0.15) is 80.6 Å². The molecule has 0 aromatic rings. The van der Waals surface area contributed by atoms with Crippen LogP contribution < -0.4 is 0 Å². The number of hydrogen-bond donors (Lipinski definition) is 0. The van der Waals surface area contributed by atoms with Crippen LogP contribution in [-0.4, -0.2) is 29.3 Å². The maximum atomic E-state index is 6.78. The lowest BCUT2D eigenvalue weighted by molar-refractivity contribution is 0.116. The molecule has 0 aromatic heterocycles. The fraction of sp³-hybridized carbons (Fsp3) is 0.909. The molecule has 0 bridgehead atoms. The molecular weight excluding hydrogens is 352 g/mol. The Hall–Kier alpha value is -0.0862. The van der Waals surface area contributed by atoms with E-state index in [0.29, 0.717) is 0 Å². The zero-order chi connectivity index (χ0) is 19.9. The van der Waals surface area contributed by atoms with Gasteiger partial charge < -0.3 is 8.85 Å². The monoisotopic (exact) mass is 398 g/mol. The van der Waals surface area contributed by atoms with Gasteiger partial charge in [-0.3, -0.25) is 0 Å². The lowest BCUT2D eigenvalue weighted by Crippen LogP contribution is -2.44. The van der Waals surface area contributed by atoms with E-state index in [9.17, 15) is 0 Å². The van der Waals surface area contributed by atoms with E-state index in [1.807, 2.05) is 0 Å². The summed E-state index contributed by atoms with van der Waals surface area (Å²) in [4.78, 5) is 0. The van der Waals surface area contributed by atoms with Crippen molar-refractivity contribution in [2.75, 3.05) is 6.61 Å². The molecule has 0 fully saturated rings. The van der Waals surface area contributed by atoms with Gasteiger partial charge in [0.05, 0.1) is 12.7 Å². The van der Waals surface area contributed by atoms with Crippen molar-refractivity contribution < 1.29 is 8.85 Å². The first kappa shape index (κ1) is 25.9. The highest BCUT2D eigenvalue weighted by atomic mass is 28.4. The molecule has 0 saturated heterocycles. The highest BCUT2D eigenvalue weighted by molar-refractivity contribution is 6.74. The average Bonchev–Trinajstić information content (AvgIpc) is 2.69. The summed E-state index contributed by atoms with van der Waals surface area (Å²) < 4.78 is 13.4. The van der Waals surface area contributed by atoms with Gasteiger partial charge in [0.15, 0.2) is 16.6 Å². The highest BCUT2D eigenvalue weighted by Crippen LogP contribution is 2.27. The molecule has 0 aliphatic heterocycles. The zero-order valence-electron chi connectivity index (χ0n) is 18.9. The minimum Gasteiger partial charge on any atom is -0.414 e. The van der Waals surface area contributed by atoms with E-state index in [4.69, 9.17) is 8.85 Å². The van der Waals surface area contributed by atoms with Gasteiger partial charge in [-0.25, -0.2) is 0 Å². The Balaban J connectivity index is 4.97. The Kier molecular flexibility index (Phi) is 14.9. The van der Waals surface area contributed by atoms with Crippen molar-refractivity contribution >= 4 is 16.6 Å². The normalized spacial score (nSPS) is 13.3. The first-order valence-electron chi connectivity index (χ1n) is 11.3. The van der Waals surface area contributed by atoms with E-state index >= 15 is 0 Å². The van der Waals surface area contributed by atoms with Crippen LogP contribution >= 0.6 is 0 Å². The number of hydrogen-bond acceptors (Lipinski definition) is 2. The van der Waals surface area contributed by atoms with Gasteiger partial charge in [0.1, 0.15) is 0 Å². The largest absolute Gasteiger partial charge is 0.414 e. The Bertz CT molecular complexity index is 376. The molecular formula is C22H46O2Si2. The van der Waals surface area contributed by atoms with Crippen LogP contribution in [0.25, 0.3) is 0 Å². The fourth-order valence-corrected chi connectivity index (χ4v) is 9.06. The number of unbranched alkanes of at least 4 members (excludes halogenated alkanes) is 3. The smallest absolute Gasteiger partial charge is 0.192 e. The summed E-state index contributed by atoms with van der Waals surface area (Å²) in [5, 5.41) is 0. The predicted octanol–water partition coefficient (Wildman–Crippen LogP) is 7.37. The molecule has 1 atom stereocenters. The maximum absolute atomic E-state index is 6.78. The molecule has 2 nitrogen and oxygen atoms in total. The van der Waals surface area contributed by atoms with Crippen molar-refractivity contribution in [3.05, 3.63) is 0 Å². The van der Waals surface area contributed by atoms with Gasteiger partial charge in [-0.2, -0.15) is 0 Å². The molecule has 0 aliphatic rings. The van der Waals surface area contributed by atoms with Gasteiger partial charge in [-0.15, -0.1) is 11.8 Å². The lowest BCUT2D eigenvalue weighted by Gasteiger charge is -2.35. The van der Waals surface area contributed by atoms with Crippen molar-refractivity contribution in [2.24, 2.45) is 0 Å². The fourth-order valence-electron chi connectivity index (χ4n) is 3.55. The third kappa shape index (κ3) is 9.21. The van der Waals surface area contributed by atoms with Crippen LogP contribution in [-0.2, 0) is 8.85 Å². The third-order valence-electron chi connectivity index (χ3n) is 6.22. The molecule has 0 radical (unpaired) electrons. The van der Waals surface area contributed by atoms with Crippen molar-refractivity contribution in [1.29, 1.82) is 0 Å². The molecule has 4 heteroatoms. The van der Waals surface area contributed by atoms with Gasteiger partial charge in [0, 0.05) is 12.8 Å². The minimum atomic E-state index is -1.62. The second-order valence-electron chi connectivity index (χ2n) is 7.55. The predicted molar refractivity (Wildman–Crippen MR) is 122 cm³/mol. The summed E-state index contributed by atoms with van der Waals surface area (Å²) in [5.74, 6) is 6.78. The van der Waals surface area contributed by atoms with E-state index in [0.717, 1.165) is 19.4 Å². The second kappa shape index (κ2) is 14.9. The summed E-state index contributed by atoms with van der Waals surface area (Å²) in [5.41, 5.74) is 0. The molecule has 0 aliphatic carbocycles. The average molecular weight is 399 g/mol. The summed E-state index contributed by atoms with van der Waals surface area (Å²) in [6, 6.07) is 7.18. The van der Waals surface area contributed by atoms with Crippen LogP contribution in [0.15, 0.2) is 0 Å². The van der Waals surface area contributed by atoms with Crippen LogP contribution in [0.3, 0.4) is 0 Å². The van der Waals surface area contributed by atoms with Crippen LogP contribution in [0.2, 0.25) is 36.3 Å². The van der Waals surface area contributed by atoms with E-state index < -0.39 is 16.6 Å². The van der Waals surface area contributed by atoms with Crippen LogP contribution in [0.5, 0.6) is 0 Å². The number of rotatable bonds is 15. The van der Waals surface area contributed by atoms with Crippen molar-refractivity contribution in [2.45, 2.75) is 123 Å². The Morgan fingerprint density at radius 1 is 0.692 bits per heavy atom.